The number of para-hydroxylation sites is 1. The Balaban J connectivity index is 1.80. The van der Waals surface area contributed by atoms with Crippen molar-refractivity contribution in [3.8, 4) is 0 Å². The molecule has 0 saturated carbocycles. The van der Waals surface area contributed by atoms with Gasteiger partial charge in [-0.05, 0) is 71.0 Å². The van der Waals surface area contributed by atoms with Gasteiger partial charge in [0.2, 0.25) is 0 Å². The molecule has 6 nitrogen and oxygen atoms in total. The molecule has 0 aliphatic rings. The van der Waals surface area contributed by atoms with Crippen LogP contribution < -0.4 is 5.56 Å². The number of nitro benzene ring substituents is 1. The summed E-state index contributed by atoms with van der Waals surface area (Å²) in [4.78, 5) is 28.9. The second-order valence-electron chi connectivity index (χ2n) is 6.97. The molecule has 0 saturated heterocycles. The molecule has 0 bridgehead atoms. The minimum absolute atomic E-state index is 0.00674. The Morgan fingerprint density at radius 3 is 2.52 bits per heavy atom. The number of hydrogen-bond donors (Lipinski definition) is 0. The first kappa shape index (κ1) is 20.9. The number of nitro groups is 1. The lowest BCUT2D eigenvalue weighted by atomic mass is 10.1. The number of rotatable bonds is 6. The van der Waals surface area contributed by atoms with E-state index in [0.717, 1.165) is 9.13 Å². The molecule has 0 aliphatic heterocycles. The molecule has 0 fully saturated rings. The van der Waals surface area contributed by atoms with Crippen molar-refractivity contribution >= 4 is 51.3 Å². The van der Waals surface area contributed by atoms with Crippen molar-refractivity contribution in [2.45, 2.75) is 13.0 Å². The van der Waals surface area contributed by atoms with E-state index in [0.29, 0.717) is 35.3 Å². The van der Waals surface area contributed by atoms with Gasteiger partial charge in [0.1, 0.15) is 5.82 Å². The van der Waals surface area contributed by atoms with E-state index in [-0.39, 0.29) is 11.2 Å². The van der Waals surface area contributed by atoms with Gasteiger partial charge >= 0.3 is 0 Å². The van der Waals surface area contributed by atoms with Crippen LogP contribution >= 0.6 is 22.6 Å². The first-order valence-electron chi connectivity index (χ1n) is 9.68. The van der Waals surface area contributed by atoms with Gasteiger partial charge in [-0.25, -0.2) is 4.98 Å². The van der Waals surface area contributed by atoms with Gasteiger partial charge in [0.15, 0.2) is 0 Å². The zero-order chi connectivity index (χ0) is 21.8. The number of aryl methyl sites for hydroxylation is 1. The highest BCUT2D eigenvalue weighted by Crippen LogP contribution is 2.21. The number of hydrogen-bond acceptors (Lipinski definition) is 4. The van der Waals surface area contributed by atoms with Crippen molar-refractivity contribution in [3.05, 3.63) is 114 Å². The predicted molar refractivity (Wildman–Crippen MR) is 131 cm³/mol. The van der Waals surface area contributed by atoms with Gasteiger partial charge < -0.3 is 0 Å². The van der Waals surface area contributed by atoms with Crippen molar-refractivity contribution in [3.63, 3.8) is 0 Å². The molecule has 0 aliphatic carbocycles. The highest BCUT2D eigenvalue weighted by Gasteiger charge is 2.12. The van der Waals surface area contributed by atoms with E-state index in [4.69, 9.17) is 0 Å². The Labute approximate surface area is 192 Å². The third-order valence-corrected chi connectivity index (χ3v) is 5.63. The van der Waals surface area contributed by atoms with Gasteiger partial charge in [0, 0.05) is 16.2 Å². The lowest BCUT2D eigenvalue weighted by Crippen LogP contribution is -2.25. The maximum absolute atomic E-state index is 13.3. The third kappa shape index (κ3) is 4.72. The maximum atomic E-state index is 13.3. The molecule has 3 aromatic carbocycles. The molecule has 0 amide bonds. The number of benzene rings is 3. The molecular formula is C24H18IN3O3. The zero-order valence-corrected chi connectivity index (χ0v) is 18.6. The van der Waals surface area contributed by atoms with Crippen molar-refractivity contribution in [1.82, 2.24) is 9.55 Å². The van der Waals surface area contributed by atoms with E-state index in [9.17, 15) is 14.9 Å². The van der Waals surface area contributed by atoms with Gasteiger partial charge in [-0.15, -0.1) is 0 Å². The van der Waals surface area contributed by atoms with Crippen LogP contribution in [0.2, 0.25) is 0 Å². The first-order chi connectivity index (χ1) is 15.0. The summed E-state index contributed by atoms with van der Waals surface area (Å²) in [5, 5.41) is 11.9. The summed E-state index contributed by atoms with van der Waals surface area (Å²) < 4.78 is 2.60. The Kier molecular flexibility index (Phi) is 6.22. The molecule has 1 heterocycles. The van der Waals surface area contributed by atoms with Gasteiger partial charge in [-0.2, -0.15) is 0 Å². The standard InChI is InChI=1S/C24H18IN3O3/c25-19-11-12-21-20(16-19)24(29)27(15-14-17-6-2-1-3-7-17)23(26-21)13-10-18-8-4-5-9-22(18)28(30)31/h1-13,16H,14-15H2. The molecule has 4 aromatic rings. The monoisotopic (exact) mass is 523 g/mol. The number of fused-ring (bicyclic) bond motifs is 1. The number of aromatic nitrogens is 2. The van der Waals surface area contributed by atoms with E-state index < -0.39 is 4.92 Å². The molecule has 0 N–H and O–H groups in total. The van der Waals surface area contributed by atoms with Gasteiger partial charge in [-0.1, -0.05) is 42.5 Å². The smallest absolute Gasteiger partial charge is 0.276 e. The first-order valence-corrected chi connectivity index (χ1v) is 10.8. The summed E-state index contributed by atoms with van der Waals surface area (Å²) in [7, 11) is 0. The van der Waals surface area contributed by atoms with E-state index in [1.54, 1.807) is 34.9 Å². The van der Waals surface area contributed by atoms with Crippen LogP contribution in [0, 0.1) is 13.7 Å². The summed E-state index contributed by atoms with van der Waals surface area (Å²) in [5.41, 5.74) is 2.06. The fourth-order valence-corrected chi connectivity index (χ4v) is 3.89. The van der Waals surface area contributed by atoms with Crippen LogP contribution in [0.4, 0.5) is 5.69 Å². The summed E-state index contributed by atoms with van der Waals surface area (Å²) in [6, 6.07) is 22.0. The SMILES string of the molecule is O=c1c2cc(I)ccc2nc(C=Cc2ccccc2[N+](=O)[O-])n1CCc1ccccc1. The molecule has 0 spiro atoms. The van der Waals surface area contributed by atoms with Crippen molar-refractivity contribution in [2.75, 3.05) is 0 Å². The average molecular weight is 523 g/mol. The largest absolute Gasteiger partial charge is 0.292 e. The molecule has 4 rings (SSSR count). The van der Waals surface area contributed by atoms with Crippen molar-refractivity contribution in [1.29, 1.82) is 0 Å². The summed E-state index contributed by atoms with van der Waals surface area (Å²) >= 11 is 2.18. The fraction of sp³-hybridized carbons (Fsp3) is 0.0833. The fourth-order valence-electron chi connectivity index (χ4n) is 3.40. The van der Waals surface area contributed by atoms with Gasteiger partial charge in [0.25, 0.3) is 11.2 Å². The average Bonchev–Trinajstić information content (AvgIpc) is 2.78. The highest BCUT2D eigenvalue weighted by molar-refractivity contribution is 14.1. The summed E-state index contributed by atoms with van der Waals surface area (Å²) in [6.07, 6.45) is 3.98. The van der Waals surface area contributed by atoms with E-state index >= 15 is 0 Å². The highest BCUT2D eigenvalue weighted by atomic mass is 127. The van der Waals surface area contributed by atoms with Gasteiger partial charge in [0.05, 0.1) is 21.4 Å². The zero-order valence-electron chi connectivity index (χ0n) is 16.4. The minimum atomic E-state index is -0.419. The van der Waals surface area contributed by atoms with Crippen molar-refractivity contribution in [2.24, 2.45) is 0 Å². The second kappa shape index (κ2) is 9.22. The van der Waals surface area contributed by atoms with E-state index in [1.165, 1.54) is 6.07 Å². The molecule has 0 unspecified atom stereocenters. The number of nitrogens with zero attached hydrogens (tertiary/aromatic N) is 3. The van der Waals surface area contributed by atoms with E-state index in [1.807, 2.05) is 48.5 Å². The minimum Gasteiger partial charge on any atom is -0.292 e. The summed E-state index contributed by atoms with van der Waals surface area (Å²) in [6.45, 7) is 0.452. The molecule has 154 valence electrons. The second-order valence-corrected chi connectivity index (χ2v) is 8.22. The third-order valence-electron chi connectivity index (χ3n) is 4.96. The molecule has 7 heteroatoms. The van der Waals surface area contributed by atoms with Crippen LogP contribution in [-0.4, -0.2) is 14.5 Å². The maximum Gasteiger partial charge on any atom is 0.276 e. The Hall–Kier alpha value is -3.33. The van der Waals surface area contributed by atoms with Crippen LogP contribution in [-0.2, 0) is 13.0 Å². The lowest BCUT2D eigenvalue weighted by Gasteiger charge is -2.12. The Morgan fingerprint density at radius 1 is 1.00 bits per heavy atom. The summed E-state index contributed by atoms with van der Waals surface area (Å²) in [5.74, 6) is 0.466. The molecule has 0 radical (unpaired) electrons. The van der Waals surface area contributed by atoms with Crippen LogP contribution in [0.3, 0.4) is 0 Å². The lowest BCUT2D eigenvalue weighted by molar-refractivity contribution is -0.385. The van der Waals surface area contributed by atoms with Crippen molar-refractivity contribution < 1.29 is 4.92 Å². The topological polar surface area (TPSA) is 78.0 Å². The van der Waals surface area contributed by atoms with Crippen LogP contribution in [0.15, 0.2) is 77.6 Å². The van der Waals surface area contributed by atoms with Crippen LogP contribution in [0.25, 0.3) is 23.1 Å². The van der Waals surface area contributed by atoms with E-state index in [2.05, 4.69) is 27.6 Å². The Bertz CT molecular complexity index is 1350. The van der Waals surface area contributed by atoms with Crippen LogP contribution in [0.1, 0.15) is 17.0 Å². The predicted octanol–water partition coefficient (Wildman–Crippen LogP) is 5.32. The van der Waals surface area contributed by atoms with Gasteiger partial charge in [-0.3, -0.25) is 19.5 Å². The molecule has 31 heavy (non-hydrogen) atoms. The quantitative estimate of drug-likeness (QED) is 0.195. The normalized spacial score (nSPS) is 11.3. The number of halogens is 1. The molecule has 1 aromatic heterocycles. The molecule has 0 atom stereocenters. The molecular weight excluding hydrogens is 505 g/mol. The van der Waals surface area contributed by atoms with Crippen LogP contribution in [0.5, 0.6) is 0 Å². The Morgan fingerprint density at radius 2 is 1.74 bits per heavy atom.